The monoisotopic (exact) mass is 492 g/mol. The Bertz CT molecular complexity index is 1220. The van der Waals surface area contributed by atoms with Crippen molar-refractivity contribution in [1.82, 2.24) is 15.3 Å². The van der Waals surface area contributed by atoms with Gasteiger partial charge in [-0.1, -0.05) is 12.1 Å². The van der Waals surface area contributed by atoms with Crippen molar-refractivity contribution in [2.45, 2.75) is 12.6 Å². The Balaban J connectivity index is 0.000000406. The van der Waals surface area contributed by atoms with E-state index in [0.29, 0.717) is 22.3 Å². The van der Waals surface area contributed by atoms with Crippen molar-refractivity contribution in [3.63, 3.8) is 0 Å². The number of aromatic nitrogens is 2. The van der Waals surface area contributed by atoms with Crippen molar-refractivity contribution in [1.29, 1.82) is 5.26 Å². The number of nitrogens with zero attached hydrogens (tertiary/aromatic N) is 4. The number of carbonyl (C=O) groups excluding carboxylic acids is 1. The molecule has 1 saturated heterocycles. The third kappa shape index (κ3) is 6.18. The molecule has 1 amide bonds. The number of halogens is 3. The van der Waals surface area contributed by atoms with Gasteiger partial charge in [0.15, 0.2) is 0 Å². The molecule has 2 aromatic heterocycles. The van der Waals surface area contributed by atoms with Crippen LogP contribution in [0, 0.1) is 11.3 Å². The highest BCUT2D eigenvalue weighted by atomic mass is 32.1. The predicted octanol–water partition coefficient (Wildman–Crippen LogP) is 3.25. The Morgan fingerprint density at radius 2 is 1.97 bits per heavy atom. The summed E-state index contributed by atoms with van der Waals surface area (Å²) in [5.74, 6) is -2.25. The van der Waals surface area contributed by atoms with Crippen LogP contribution in [0.2, 0.25) is 0 Å². The minimum absolute atomic E-state index is 0.284. The van der Waals surface area contributed by atoms with E-state index in [1.165, 1.54) is 11.3 Å². The SMILES string of the molecule is N#Cc1ccccc1NC(=O)c1csc2ncc(N3CCCNCC3)nc12.O=C(O)C(F)(F)F. The number of anilines is 2. The molecule has 1 aliphatic rings. The molecule has 0 bridgehead atoms. The van der Waals surface area contributed by atoms with Crippen LogP contribution in [0.15, 0.2) is 35.8 Å². The maximum absolute atomic E-state index is 12.8. The summed E-state index contributed by atoms with van der Waals surface area (Å²) >= 11 is 1.39. The van der Waals surface area contributed by atoms with E-state index in [1.807, 2.05) is 0 Å². The topological polar surface area (TPSA) is 131 Å². The Hall–Kier alpha value is -3.76. The molecule has 4 rings (SSSR count). The maximum atomic E-state index is 12.8. The highest BCUT2D eigenvalue weighted by Crippen LogP contribution is 2.26. The van der Waals surface area contributed by atoms with Crippen LogP contribution in [0.1, 0.15) is 22.3 Å². The number of benzene rings is 1. The van der Waals surface area contributed by atoms with Gasteiger partial charge in [0.2, 0.25) is 0 Å². The minimum atomic E-state index is -5.08. The molecule has 0 aliphatic carbocycles. The molecule has 0 unspecified atom stereocenters. The van der Waals surface area contributed by atoms with Crippen molar-refractivity contribution in [3.05, 3.63) is 47.0 Å². The number of hydrogen-bond donors (Lipinski definition) is 3. The van der Waals surface area contributed by atoms with Gasteiger partial charge in [-0.3, -0.25) is 4.79 Å². The number of hydrogen-bond acceptors (Lipinski definition) is 8. The van der Waals surface area contributed by atoms with Crippen LogP contribution in [0.25, 0.3) is 10.3 Å². The maximum Gasteiger partial charge on any atom is 0.490 e. The molecule has 3 N–H and O–H groups in total. The number of alkyl halides is 3. The minimum Gasteiger partial charge on any atom is -0.475 e. The zero-order chi connectivity index (χ0) is 24.7. The van der Waals surface area contributed by atoms with Crippen LogP contribution < -0.4 is 15.5 Å². The Labute approximate surface area is 195 Å². The van der Waals surface area contributed by atoms with E-state index in [9.17, 15) is 23.2 Å². The number of carboxylic acid groups (broad SMARTS) is 1. The summed E-state index contributed by atoms with van der Waals surface area (Å²) in [4.78, 5) is 33.8. The van der Waals surface area contributed by atoms with Crippen LogP contribution in [0.4, 0.5) is 24.7 Å². The average Bonchev–Trinajstić information content (AvgIpc) is 3.04. The number of aliphatic carboxylic acids is 1. The highest BCUT2D eigenvalue weighted by Gasteiger charge is 2.38. The molecule has 178 valence electrons. The van der Waals surface area contributed by atoms with Gasteiger partial charge >= 0.3 is 12.1 Å². The largest absolute Gasteiger partial charge is 0.490 e. The van der Waals surface area contributed by atoms with Gasteiger partial charge in [-0.25, -0.2) is 14.8 Å². The number of amides is 1. The second kappa shape index (κ2) is 10.9. The molecule has 0 saturated carbocycles. The Morgan fingerprint density at radius 1 is 1.24 bits per heavy atom. The normalized spacial score (nSPS) is 13.9. The van der Waals surface area contributed by atoms with E-state index in [2.05, 4.69) is 26.6 Å². The highest BCUT2D eigenvalue weighted by molar-refractivity contribution is 7.17. The fourth-order valence-corrected chi connectivity index (χ4v) is 3.90. The summed E-state index contributed by atoms with van der Waals surface area (Å²) in [6.45, 7) is 3.67. The van der Waals surface area contributed by atoms with Gasteiger partial charge in [0.1, 0.15) is 22.2 Å². The second-order valence-corrected chi connectivity index (χ2v) is 7.89. The number of para-hydroxylation sites is 1. The van der Waals surface area contributed by atoms with E-state index >= 15 is 0 Å². The molecule has 1 aliphatic heterocycles. The first-order valence-electron chi connectivity index (χ1n) is 10.0. The lowest BCUT2D eigenvalue weighted by Gasteiger charge is -2.20. The molecular weight excluding hydrogens is 473 g/mol. The van der Waals surface area contributed by atoms with Crippen LogP contribution in [0.3, 0.4) is 0 Å². The van der Waals surface area contributed by atoms with Gasteiger partial charge in [-0.05, 0) is 25.1 Å². The second-order valence-electron chi connectivity index (χ2n) is 7.04. The van der Waals surface area contributed by atoms with Crippen molar-refractivity contribution < 1.29 is 27.9 Å². The van der Waals surface area contributed by atoms with Crippen molar-refractivity contribution in [3.8, 4) is 6.07 Å². The molecule has 1 aromatic carbocycles. The van der Waals surface area contributed by atoms with E-state index < -0.39 is 12.1 Å². The smallest absolute Gasteiger partial charge is 0.475 e. The first-order valence-corrected chi connectivity index (χ1v) is 10.9. The van der Waals surface area contributed by atoms with Crippen molar-refractivity contribution >= 4 is 45.1 Å². The summed E-state index contributed by atoms with van der Waals surface area (Å²) in [6, 6.07) is 9.03. The number of fused-ring (bicyclic) bond motifs is 1. The van der Waals surface area contributed by atoms with E-state index in [1.54, 1.807) is 35.8 Å². The molecule has 9 nitrogen and oxygen atoms in total. The molecular formula is C21H19F3N6O3S. The molecule has 13 heteroatoms. The Morgan fingerprint density at radius 3 is 2.68 bits per heavy atom. The summed E-state index contributed by atoms with van der Waals surface area (Å²) in [5.41, 5.74) is 1.99. The molecule has 0 atom stereocenters. The van der Waals surface area contributed by atoms with Crippen LogP contribution in [0.5, 0.6) is 0 Å². The zero-order valence-electron chi connectivity index (χ0n) is 17.6. The number of carbonyl (C=O) groups is 2. The van der Waals surface area contributed by atoms with Gasteiger partial charge in [-0.15, -0.1) is 11.3 Å². The third-order valence-electron chi connectivity index (χ3n) is 4.72. The summed E-state index contributed by atoms with van der Waals surface area (Å²) in [5, 5.41) is 24.3. The average molecular weight is 492 g/mol. The van der Waals surface area contributed by atoms with Crippen LogP contribution in [-0.4, -0.2) is 59.3 Å². The fraction of sp³-hybridized carbons (Fsp3) is 0.286. The summed E-state index contributed by atoms with van der Waals surface area (Å²) < 4.78 is 31.7. The summed E-state index contributed by atoms with van der Waals surface area (Å²) in [6.07, 6.45) is -2.27. The molecule has 3 heterocycles. The Kier molecular flexibility index (Phi) is 7.98. The molecule has 0 radical (unpaired) electrons. The first-order chi connectivity index (χ1) is 16.2. The fourth-order valence-electron chi connectivity index (χ4n) is 3.07. The summed E-state index contributed by atoms with van der Waals surface area (Å²) in [7, 11) is 0. The standard InChI is InChI=1S/C19H18N6OS.C2HF3O2/c20-10-13-4-1-2-5-15(13)23-18(26)14-12-27-19-17(14)24-16(11-22-19)25-8-3-6-21-7-9-25;3-2(4,5)1(6)7/h1-2,4-5,11-12,21H,3,6-9H2,(H,23,26);(H,6,7). The lowest BCUT2D eigenvalue weighted by molar-refractivity contribution is -0.192. The van der Waals surface area contributed by atoms with Gasteiger partial charge in [0.25, 0.3) is 5.91 Å². The molecule has 34 heavy (non-hydrogen) atoms. The quantitative estimate of drug-likeness (QED) is 0.508. The van der Waals surface area contributed by atoms with Gasteiger partial charge in [-0.2, -0.15) is 18.4 Å². The van der Waals surface area contributed by atoms with Crippen LogP contribution >= 0.6 is 11.3 Å². The van der Waals surface area contributed by atoms with E-state index in [0.717, 1.165) is 43.2 Å². The van der Waals surface area contributed by atoms with Gasteiger partial charge < -0.3 is 20.6 Å². The lowest BCUT2D eigenvalue weighted by Crippen LogP contribution is -2.28. The molecule has 1 fully saturated rings. The number of carboxylic acids is 1. The van der Waals surface area contributed by atoms with Crippen molar-refractivity contribution in [2.75, 3.05) is 36.4 Å². The number of rotatable bonds is 3. The number of nitrogens with one attached hydrogen (secondary N) is 2. The zero-order valence-corrected chi connectivity index (χ0v) is 18.4. The van der Waals surface area contributed by atoms with Gasteiger partial charge in [0.05, 0.1) is 23.0 Å². The third-order valence-corrected chi connectivity index (χ3v) is 5.59. The first kappa shape index (κ1) is 24.9. The number of thiophene rings is 1. The lowest BCUT2D eigenvalue weighted by atomic mass is 10.2. The van der Waals surface area contributed by atoms with Crippen molar-refractivity contribution in [2.24, 2.45) is 0 Å². The molecule has 0 spiro atoms. The predicted molar refractivity (Wildman–Crippen MR) is 120 cm³/mol. The van der Waals surface area contributed by atoms with E-state index in [-0.39, 0.29) is 5.91 Å². The molecule has 3 aromatic rings. The van der Waals surface area contributed by atoms with Gasteiger partial charge in [0, 0.05) is 25.0 Å². The van der Waals surface area contributed by atoms with E-state index in [4.69, 9.17) is 14.9 Å². The van der Waals surface area contributed by atoms with Crippen LogP contribution in [-0.2, 0) is 4.79 Å². The number of nitriles is 1.